The van der Waals surface area contributed by atoms with E-state index in [0.29, 0.717) is 23.7 Å². The molecule has 1 saturated heterocycles. The molecule has 0 spiro atoms. The van der Waals surface area contributed by atoms with Crippen molar-refractivity contribution in [2.24, 2.45) is 0 Å². The molecule has 0 aromatic heterocycles. The maximum absolute atomic E-state index is 12.6. The Kier molecular flexibility index (Phi) is 4.87. The lowest BCUT2D eigenvalue weighted by atomic mass is 10.1. The van der Waals surface area contributed by atoms with Crippen LogP contribution in [0.5, 0.6) is 0 Å². The van der Waals surface area contributed by atoms with Crippen LogP contribution < -0.4 is 0 Å². The molecule has 2 unspecified atom stereocenters. The van der Waals surface area contributed by atoms with E-state index in [1.807, 2.05) is 30.9 Å². The highest BCUT2D eigenvalue weighted by Crippen LogP contribution is 2.22. The third kappa shape index (κ3) is 3.30. The summed E-state index contributed by atoms with van der Waals surface area (Å²) < 4.78 is 5.74. The number of rotatable bonds is 2. The summed E-state index contributed by atoms with van der Waals surface area (Å²) in [6, 6.07) is 5.44. The predicted molar refractivity (Wildman–Crippen MR) is 80.2 cm³/mol. The van der Waals surface area contributed by atoms with Crippen molar-refractivity contribution in [3.63, 3.8) is 0 Å². The highest BCUT2D eigenvalue weighted by molar-refractivity contribution is 9.09. The summed E-state index contributed by atoms with van der Waals surface area (Å²) >= 11 is 9.49. The first-order chi connectivity index (χ1) is 9.02. The van der Waals surface area contributed by atoms with E-state index in [0.717, 1.165) is 10.9 Å². The van der Waals surface area contributed by atoms with E-state index in [2.05, 4.69) is 15.9 Å². The fourth-order valence-corrected chi connectivity index (χ4v) is 2.84. The lowest BCUT2D eigenvalue weighted by molar-refractivity contribution is -0.0559. The van der Waals surface area contributed by atoms with Crippen molar-refractivity contribution in [2.45, 2.75) is 26.1 Å². The molecular formula is C14H17BrClNO2. The van der Waals surface area contributed by atoms with E-state index >= 15 is 0 Å². The van der Waals surface area contributed by atoms with E-state index in [1.54, 1.807) is 6.07 Å². The molecule has 1 aliphatic rings. The quantitative estimate of drug-likeness (QED) is 0.769. The van der Waals surface area contributed by atoms with Gasteiger partial charge < -0.3 is 9.64 Å². The molecule has 1 aromatic rings. The van der Waals surface area contributed by atoms with Gasteiger partial charge >= 0.3 is 0 Å². The molecule has 104 valence electrons. The first-order valence-corrected chi connectivity index (χ1v) is 7.78. The second-order valence-corrected chi connectivity index (χ2v) is 5.90. The van der Waals surface area contributed by atoms with Gasteiger partial charge in [0.05, 0.1) is 12.2 Å². The molecule has 2 rings (SSSR count). The van der Waals surface area contributed by atoms with E-state index in [1.165, 1.54) is 0 Å². The van der Waals surface area contributed by atoms with Crippen LogP contribution in [-0.4, -0.2) is 41.4 Å². The molecular weight excluding hydrogens is 330 g/mol. The fourth-order valence-electron chi connectivity index (χ4n) is 2.31. The Balaban J connectivity index is 2.21. The second kappa shape index (κ2) is 6.25. The summed E-state index contributed by atoms with van der Waals surface area (Å²) in [5, 5.41) is 1.36. The lowest BCUT2D eigenvalue weighted by Gasteiger charge is -2.36. The molecule has 1 amide bonds. The van der Waals surface area contributed by atoms with Gasteiger partial charge in [-0.25, -0.2) is 0 Å². The van der Waals surface area contributed by atoms with Crippen molar-refractivity contribution in [3.05, 3.63) is 34.3 Å². The largest absolute Gasteiger partial charge is 0.371 e. The average molecular weight is 347 g/mol. The number of carbonyl (C=O) groups is 1. The molecule has 0 N–H and O–H groups in total. The van der Waals surface area contributed by atoms with E-state index < -0.39 is 0 Å². The van der Waals surface area contributed by atoms with Crippen molar-refractivity contribution in [2.75, 3.05) is 18.4 Å². The van der Waals surface area contributed by atoms with Crippen LogP contribution in [-0.2, 0) is 4.74 Å². The van der Waals surface area contributed by atoms with Crippen molar-refractivity contribution in [1.29, 1.82) is 0 Å². The van der Waals surface area contributed by atoms with Gasteiger partial charge in [0.25, 0.3) is 5.91 Å². The number of nitrogens with zero attached hydrogens (tertiary/aromatic N) is 1. The number of hydrogen-bond donors (Lipinski definition) is 0. The summed E-state index contributed by atoms with van der Waals surface area (Å²) in [4.78, 5) is 14.4. The summed E-state index contributed by atoms with van der Waals surface area (Å²) in [5.74, 6) is 0.0288. The Labute approximate surface area is 127 Å². The summed E-state index contributed by atoms with van der Waals surface area (Å²) in [6.07, 6.45) is 0.104. The maximum atomic E-state index is 12.6. The highest BCUT2D eigenvalue weighted by Gasteiger charge is 2.29. The number of hydrogen-bond acceptors (Lipinski definition) is 2. The zero-order chi connectivity index (χ0) is 14.0. The number of carbonyl (C=O) groups excluding carboxylic acids is 1. The topological polar surface area (TPSA) is 29.5 Å². The molecule has 0 radical (unpaired) electrons. The van der Waals surface area contributed by atoms with Crippen LogP contribution in [0.3, 0.4) is 0 Å². The SMILES string of the molecule is Cc1c(Cl)cccc1C(=O)N1CC(C)OC(CBr)C1. The van der Waals surface area contributed by atoms with Crippen molar-refractivity contribution < 1.29 is 9.53 Å². The molecule has 0 aliphatic carbocycles. The molecule has 3 nitrogen and oxygen atoms in total. The van der Waals surface area contributed by atoms with Gasteiger partial charge in [0.15, 0.2) is 0 Å². The van der Waals surface area contributed by atoms with Gasteiger partial charge in [0.1, 0.15) is 0 Å². The Morgan fingerprint density at radius 2 is 2.26 bits per heavy atom. The predicted octanol–water partition coefficient (Wildman–Crippen LogP) is 3.27. The number of morpholine rings is 1. The minimum absolute atomic E-state index is 0.0288. The highest BCUT2D eigenvalue weighted by atomic mass is 79.9. The smallest absolute Gasteiger partial charge is 0.254 e. The van der Waals surface area contributed by atoms with Crippen molar-refractivity contribution in [3.8, 4) is 0 Å². The summed E-state index contributed by atoms with van der Waals surface area (Å²) in [7, 11) is 0. The normalized spacial score (nSPS) is 23.5. The van der Waals surface area contributed by atoms with Gasteiger partial charge in [-0.3, -0.25) is 4.79 Å². The molecule has 19 heavy (non-hydrogen) atoms. The summed E-state index contributed by atoms with van der Waals surface area (Å²) in [5.41, 5.74) is 1.51. The maximum Gasteiger partial charge on any atom is 0.254 e. The first kappa shape index (κ1) is 14.8. The Morgan fingerprint density at radius 3 is 2.95 bits per heavy atom. The number of alkyl halides is 1. The van der Waals surface area contributed by atoms with Gasteiger partial charge in [0, 0.05) is 29.0 Å². The van der Waals surface area contributed by atoms with Crippen LogP contribution in [0.1, 0.15) is 22.8 Å². The van der Waals surface area contributed by atoms with Crippen LogP contribution in [0.25, 0.3) is 0 Å². The van der Waals surface area contributed by atoms with Gasteiger partial charge in [-0.2, -0.15) is 0 Å². The molecule has 1 fully saturated rings. The number of halogens is 2. The van der Waals surface area contributed by atoms with Gasteiger partial charge in [-0.05, 0) is 31.5 Å². The average Bonchev–Trinajstić information content (AvgIpc) is 2.40. The van der Waals surface area contributed by atoms with Crippen molar-refractivity contribution in [1.82, 2.24) is 4.90 Å². The minimum atomic E-state index is 0.0288. The Hall–Kier alpha value is -0.580. The van der Waals surface area contributed by atoms with Crippen LogP contribution in [0, 0.1) is 6.92 Å². The molecule has 0 bridgehead atoms. The molecule has 1 heterocycles. The molecule has 5 heteroatoms. The van der Waals surface area contributed by atoms with Gasteiger partial charge in [-0.15, -0.1) is 0 Å². The molecule has 1 aliphatic heterocycles. The Morgan fingerprint density at radius 1 is 1.53 bits per heavy atom. The number of ether oxygens (including phenoxy) is 1. The standard InChI is InChI=1S/C14H17BrClNO2/c1-9-7-17(8-11(6-15)19-9)14(18)12-4-3-5-13(16)10(12)2/h3-5,9,11H,6-8H2,1-2H3. The Bertz CT molecular complexity index is 481. The van der Waals surface area contributed by atoms with Gasteiger partial charge in [0.2, 0.25) is 0 Å². The first-order valence-electron chi connectivity index (χ1n) is 6.28. The third-order valence-corrected chi connectivity index (χ3v) is 4.42. The van der Waals surface area contributed by atoms with Gasteiger partial charge in [-0.1, -0.05) is 33.6 Å². The van der Waals surface area contributed by atoms with Crippen LogP contribution >= 0.6 is 27.5 Å². The summed E-state index contributed by atoms with van der Waals surface area (Å²) in [6.45, 7) is 5.09. The van der Waals surface area contributed by atoms with E-state index in [-0.39, 0.29) is 18.1 Å². The van der Waals surface area contributed by atoms with Crippen LogP contribution in [0.4, 0.5) is 0 Å². The van der Waals surface area contributed by atoms with E-state index in [4.69, 9.17) is 16.3 Å². The number of amides is 1. The lowest BCUT2D eigenvalue weighted by Crippen LogP contribution is -2.49. The van der Waals surface area contributed by atoms with Crippen LogP contribution in [0.2, 0.25) is 5.02 Å². The van der Waals surface area contributed by atoms with E-state index in [9.17, 15) is 4.79 Å². The fraction of sp³-hybridized carbons (Fsp3) is 0.500. The van der Waals surface area contributed by atoms with Crippen molar-refractivity contribution >= 4 is 33.4 Å². The van der Waals surface area contributed by atoms with Crippen LogP contribution in [0.15, 0.2) is 18.2 Å². The molecule has 1 aromatic carbocycles. The molecule has 2 atom stereocenters. The second-order valence-electron chi connectivity index (χ2n) is 4.85. The third-order valence-electron chi connectivity index (χ3n) is 3.28. The molecule has 0 saturated carbocycles. The monoisotopic (exact) mass is 345 g/mol. The minimum Gasteiger partial charge on any atom is -0.371 e. The zero-order valence-corrected chi connectivity index (χ0v) is 13.4. The zero-order valence-electron chi connectivity index (χ0n) is 11.0. The number of benzene rings is 1.